The molecule has 0 aromatic heterocycles. The Labute approximate surface area is 323 Å². The standard InChI is InChI=1S/C53H40N2/c1-3-37-16-12-14-24-48(37)53(51(41-18-6-4-7-19-41)36-55-52(54-2)42-20-8-5-9-21-42)49-25-15-13-23-46(49)47-33-32-45(35-50(47)53)40-28-26-39(27-29-40)44-31-30-38-17-10-11-22-43(38)34-44/h4-36H,2-3H2,1H3/b51-36+,55-52-. The molecule has 9 rings (SSSR count). The maximum Gasteiger partial charge on any atom is 0.158 e. The van der Waals surface area contributed by atoms with Crippen molar-refractivity contribution >= 4 is 28.9 Å². The van der Waals surface area contributed by atoms with Crippen LogP contribution in [0.5, 0.6) is 0 Å². The van der Waals surface area contributed by atoms with Gasteiger partial charge in [0.2, 0.25) is 0 Å². The monoisotopic (exact) mass is 704 g/mol. The lowest BCUT2D eigenvalue weighted by molar-refractivity contribution is 0.806. The van der Waals surface area contributed by atoms with Crippen molar-refractivity contribution in [1.82, 2.24) is 0 Å². The molecule has 262 valence electrons. The van der Waals surface area contributed by atoms with Crippen molar-refractivity contribution in [1.29, 1.82) is 0 Å². The Bertz CT molecular complexity index is 2740. The number of rotatable bonds is 8. The molecular formula is C53H40N2. The molecule has 0 saturated carbocycles. The number of aliphatic imine (C=N–C) groups is 2. The number of amidine groups is 1. The van der Waals surface area contributed by atoms with E-state index >= 15 is 0 Å². The lowest BCUT2D eigenvalue weighted by atomic mass is 9.64. The summed E-state index contributed by atoms with van der Waals surface area (Å²) in [5.41, 5.74) is 14.7. The second kappa shape index (κ2) is 14.5. The van der Waals surface area contributed by atoms with Gasteiger partial charge in [-0.3, -0.25) is 0 Å². The summed E-state index contributed by atoms with van der Waals surface area (Å²) in [6, 6.07) is 69.9. The Morgan fingerprint density at radius 3 is 1.75 bits per heavy atom. The smallest absolute Gasteiger partial charge is 0.158 e. The fraction of sp³-hybridized carbons (Fsp3) is 0.0566. The fourth-order valence-corrected chi connectivity index (χ4v) is 8.53. The third-order valence-corrected chi connectivity index (χ3v) is 11.1. The molecule has 8 aromatic rings. The van der Waals surface area contributed by atoms with E-state index in [1.807, 2.05) is 30.3 Å². The third kappa shape index (κ3) is 5.93. The van der Waals surface area contributed by atoms with Crippen LogP contribution in [0, 0.1) is 0 Å². The summed E-state index contributed by atoms with van der Waals surface area (Å²) in [7, 11) is 0. The van der Waals surface area contributed by atoms with E-state index < -0.39 is 5.41 Å². The quantitative estimate of drug-likeness (QED) is 0.111. The van der Waals surface area contributed by atoms with Crippen LogP contribution in [0.1, 0.15) is 40.3 Å². The minimum Gasteiger partial charge on any atom is -0.245 e. The topological polar surface area (TPSA) is 24.7 Å². The summed E-state index contributed by atoms with van der Waals surface area (Å²) >= 11 is 0. The predicted molar refractivity (Wildman–Crippen MR) is 233 cm³/mol. The minimum absolute atomic E-state index is 0.583. The summed E-state index contributed by atoms with van der Waals surface area (Å²) in [6.45, 7) is 6.19. The van der Waals surface area contributed by atoms with Gasteiger partial charge < -0.3 is 0 Å². The van der Waals surface area contributed by atoms with Gasteiger partial charge in [-0.15, -0.1) is 0 Å². The van der Waals surface area contributed by atoms with E-state index in [-0.39, 0.29) is 0 Å². The summed E-state index contributed by atoms with van der Waals surface area (Å²) in [5, 5.41) is 2.50. The van der Waals surface area contributed by atoms with E-state index in [2.05, 4.69) is 189 Å². The first kappa shape index (κ1) is 33.9. The lowest BCUT2D eigenvalue weighted by Crippen LogP contribution is -2.30. The highest BCUT2D eigenvalue weighted by atomic mass is 14.9. The summed E-state index contributed by atoms with van der Waals surface area (Å²) < 4.78 is 0. The summed E-state index contributed by atoms with van der Waals surface area (Å²) in [4.78, 5) is 9.59. The highest BCUT2D eigenvalue weighted by Gasteiger charge is 2.49. The molecule has 1 aliphatic rings. The van der Waals surface area contributed by atoms with E-state index in [1.165, 1.54) is 66.4 Å². The zero-order valence-corrected chi connectivity index (χ0v) is 30.9. The molecule has 8 aromatic carbocycles. The fourth-order valence-electron chi connectivity index (χ4n) is 8.53. The van der Waals surface area contributed by atoms with E-state index in [9.17, 15) is 0 Å². The second-order valence-electron chi connectivity index (χ2n) is 14.1. The Hall–Kier alpha value is -6.90. The average molecular weight is 705 g/mol. The van der Waals surface area contributed by atoms with Crippen LogP contribution in [-0.4, -0.2) is 12.6 Å². The first-order chi connectivity index (χ1) is 27.2. The highest BCUT2D eigenvalue weighted by molar-refractivity contribution is 6.03. The number of nitrogens with zero attached hydrogens (tertiary/aromatic N) is 2. The van der Waals surface area contributed by atoms with Gasteiger partial charge in [-0.1, -0.05) is 189 Å². The molecule has 0 aliphatic heterocycles. The number of hydrogen-bond donors (Lipinski definition) is 0. The van der Waals surface area contributed by atoms with Gasteiger partial charge in [-0.2, -0.15) is 0 Å². The first-order valence-electron chi connectivity index (χ1n) is 19.0. The Balaban J connectivity index is 1.29. The SMILES string of the molecule is C=N/C(=N\C=C(/c1ccccc1)C1(c2ccccc2CC)c2ccccc2-c2ccc(-c3ccc(-c4ccc5ccccc5c4)cc3)cc21)c1ccccc1. The molecule has 55 heavy (non-hydrogen) atoms. The Morgan fingerprint density at radius 1 is 0.491 bits per heavy atom. The molecule has 1 aliphatic carbocycles. The molecule has 0 N–H and O–H groups in total. The lowest BCUT2D eigenvalue weighted by Gasteiger charge is -2.37. The Morgan fingerprint density at radius 2 is 1.04 bits per heavy atom. The van der Waals surface area contributed by atoms with Crippen molar-refractivity contribution in [3.8, 4) is 33.4 Å². The zero-order chi connectivity index (χ0) is 37.2. The van der Waals surface area contributed by atoms with Crippen molar-refractivity contribution in [3.63, 3.8) is 0 Å². The van der Waals surface area contributed by atoms with Crippen molar-refractivity contribution in [2.45, 2.75) is 18.8 Å². The van der Waals surface area contributed by atoms with Crippen LogP contribution < -0.4 is 0 Å². The van der Waals surface area contributed by atoms with Crippen LogP contribution in [0.15, 0.2) is 210 Å². The molecule has 1 unspecified atom stereocenters. The van der Waals surface area contributed by atoms with E-state index in [0.717, 1.165) is 23.1 Å². The van der Waals surface area contributed by atoms with Crippen molar-refractivity contribution < 1.29 is 0 Å². The van der Waals surface area contributed by atoms with E-state index in [0.29, 0.717) is 5.84 Å². The summed E-state index contributed by atoms with van der Waals surface area (Å²) in [5.74, 6) is 0.583. The highest BCUT2D eigenvalue weighted by Crippen LogP contribution is 2.60. The van der Waals surface area contributed by atoms with Crippen molar-refractivity contribution in [2.75, 3.05) is 0 Å². The molecule has 0 radical (unpaired) electrons. The van der Waals surface area contributed by atoms with Gasteiger partial charge >= 0.3 is 0 Å². The van der Waals surface area contributed by atoms with Crippen molar-refractivity contribution in [3.05, 3.63) is 234 Å². The van der Waals surface area contributed by atoms with Gasteiger partial charge in [-0.25, -0.2) is 9.98 Å². The third-order valence-electron chi connectivity index (χ3n) is 11.1. The number of allylic oxidation sites excluding steroid dienone is 1. The summed E-state index contributed by atoms with van der Waals surface area (Å²) in [6.07, 6.45) is 2.94. The minimum atomic E-state index is -0.687. The normalized spacial score (nSPS) is 15.1. The molecule has 0 fully saturated rings. The van der Waals surface area contributed by atoms with Gasteiger partial charge in [-0.05, 0) is 103 Å². The maximum absolute atomic E-state index is 5.17. The van der Waals surface area contributed by atoms with E-state index in [1.54, 1.807) is 0 Å². The van der Waals surface area contributed by atoms with Crippen LogP contribution in [0.25, 0.3) is 49.7 Å². The van der Waals surface area contributed by atoms with Crippen LogP contribution in [0.2, 0.25) is 0 Å². The molecule has 0 amide bonds. The molecule has 0 saturated heterocycles. The number of hydrogen-bond acceptors (Lipinski definition) is 1. The second-order valence-corrected chi connectivity index (χ2v) is 14.1. The van der Waals surface area contributed by atoms with Crippen LogP contribution >= 0.6 is 0 Å². The number of fused-ring (bicyclic) bond motifs is 4. The molecular weight excluding hydrogens is 665 g/mol. The molecule has 0 spiro atoms. The van der Waals surface area contributed by atoms with Gasteiger partial charge in [0.15, 0.2) is 5.84 Å². The zero-order valence-electron chi connectivity index (χ0n) is 30.9. The van der Waals surface area contributed by atoms with Crippen LogP contribution in [0.4, 0.5) is 0 Å². The molecule has 2 heteroatoms. The molecule has 2 nitrogen and oxygen atoms in total. The number of benzene rings is 8. The van der Waals surface area contributed by atoms with Crippen molar-refractivity contribution in [2.24, 2.45) is 9.98 Å². The van der Waals surface area contributed by atoms with Crippen LogP contribution in [0.3, 0.4) is 0 Å². The van der Waals surface area contributed by atoms with E-state index in [4.69, 9.17) is 4.99 Å². The first-order valence-corrected chi connectivity index (χ1v) is 19.0. The molecule has 0 bridgehead atoms. The number of aryl methyl sites for hydroxylation is 1. The van der Waals surface area contributed by atoms with Gasteiger partial charge in [0.25, 0.3) is 0 Å². The predicted octanol–water partition coefficient (Wildman–Crippen LogP) is 13.2. The van der Waals surface area contributed by atoms with Crippen LogP contribution in [-0.2, 0) is 11.8 Å². The molecule has 0 heterocycles. The van der Waals surface area contributed by atoms with Gasteiger partial charge in [0.05, 0.1) is 5.41 Å². The van der Waals surface area contributed by atoms with Gasteiger partial charge in [0.1, 0.15) is 0 Å². The average Bonchev–Trinajstić information content (AvgIpc) is 3.55. The van der Waals surface area contributed by atoms with Gasteiger partial charge in [0, 0.05) is 11.8 Å². The molecule has 1 atom stereocenters. The largest absolute Gasteiger partial charge is 0.245 e. The Kier molecular flexibility index (Phi) is 8.94. The maximum atomic E-state index is 5.17.